The van der Waals surface area contributed by atoms with Crippen molar-refractivity contribution in [2.45, 2.75) is 23.6 Å². The summed E-state index contributed by atoms with van der Waals surface area (Å²) in [6.45, 7) is 1.83. The molecule has 0 radical (unpaired) electrons. The molecule has 0 rings (SSSR count). The predicted molar refractivity (Wildman–Crippen MR) is 47.9 cm³/mol. The Morgan fingerprint density at radius 3 is 2.09 bits per heavy atom. The highest BCUT2D eigenvalue weighted by atomic mass is 35.6. The summed E-state index contributed by atoms with van der Waals surface area (Å²) < 4.78 is -1.38. The average molecular weight is 219 g/mol. The quantitative estimate of drug-likeness (QED) is 0.726. The van der Waals surface area contributed by atoms with Crippen molar-refractivity contribution in [2.75, 3.05) is 0 Å². The maximum absolute atomic E-state index is 10.7. The second-order valence-electron chi connectivity index (χ2n) is 2.33. The molecule has 0 fully saturated rings. The van der Waals surface area contributed by atoms with Crippen LogP contribution in [0.5, 0.6) is 0 Å². The molecule has 0 bridgehead atoms. The van der Waals surface area contributed by atoms with E-state index in [2.05, 4.69) is 0 Å². The Balaban J connectivity index is 3.99. The highest BCUT2D eigenvalue weighted by molar-refractivity contribution is 6.67. The molecule has 0 saturated carbocycles. The lowest BCUT2D eigenvalue weighted by atomic mass is 10.0. The molecule has 2 nitrogen and oxygen atoms in total. The fourth-order valence-corrected chi connectivity index (χ4v) is 1.28. The number of hydrogen-bond acceptors (Lipinski definition) is 1. The van der Waals surface area contributed by atoms with Crippen LogP contribution in [-0.4, -0.2) is 9.70 Å². The van der Waals surface area contributed by atoms with Crippen molar-refractivity contribution in [3.63, 3.8) is 0 Å². The third-order valence-corrected chi connectivity index (χ3v) is 1.84. The van der Waals surface area contributed by atoms with E-state index >= 15 is 0 Å². The Morgan fingerprint density at radius 1 is 1.55 bits per heavy atom. The lowest BCUT2D eigenvalue weighted by Crippen LogP contribution is -2.26. The maximum Gasteiger partial charge on any atom is 0.220 e. The van der Waals surface area contributed by atoms with E-state index in [4.69, 9.17) is 40.5 Å². The Bertz CT molecular complexity index is 143. The first-order valence-corrected chi connectivity index (χ1v) is 4.36. The van der Waals surface area contributed by atoms with E-state index in [9.17, 15) is 4.79 Å². The van der Waals surface area contributed by atoms with Gasteiger partial charge in [0, 0.05) is 12.3 Å². The molecule has 1 unspecified atom stereocenters. The number of alkyl halides is 3. The summed E-state index contributed by atoms with van der Waals surface area (Å²) in [4.78, 5) is 10.7. The van der Waals surface area contributed by atoms with Crippen molar-refractivity contribution in [3.05, 3.63) is 0 Å². The summed E-state index contributed by atoms with van der Waals surface area (Å²) >= 11 is 16.4. The van der Waals surface area contributed by atoms with Crippen LogP contribution in [-0.2, 0) is 4.79 Å². The minimum atomic E-state index is -1.38. The number of primary amides is 1. The topological polar surface area (TPSA) is 43.1 Å². The van der Waals surface area contributed by atoms with Crippen LogP contribution in [0, 0.1) is 5.92 Å². The van der Waals surface area contributed by atoms with Gasteiger partial charge in [0.2, 0.25) is 5.91 Å². The summed E-state index contributed by atoms with van der Waals surface area (Å²) in [5.41, 5.74) is 5.04. The molecular weight excluding hydrogens is 208 g/mol. The van der Waals surface area contributed by atoms with Gasteiger partial charge < -0.3 is 5.73 Å². The first-order valence-electron chi connectivity index (χ1n) is 3.23. The Hall–Kier alpha value is 0.340. The van der Waals surface area contributed by atoms with Crippen molar-refractivity contribution in [1.82, 2.24) is 0 Å². The van der Waals surface area contributed by atoms with Crippen LogP contribution in [0.25, 0.3) is 0 Å². The minimum Gasteiger partial charge on any atom is -0.369 e. The molecule has 0 aliphatic carbocycles. The van der Waals surface area contributed by atoms with Gasteiger partial charge in [0.25, 0.3) is 0 Å². The van der Waals surface area contributed by atoms with Crippen LogP contribution in [0.4, 0.5) is 0 Å². The number of halogens is 3. The lowest BCUT2D eigenvalue weighted by molar-refractivity contribution is -0.122. The second kappa shape index (κ2) is 4.39. The second-order valence-corrected chi connectivity index (χ2v) is 4.84. The number of carbonyl (C=O) groups excluding carboxylic acids is 1. The monoisotopic (exact) mass is 217 g/mol. The van der Waals surface area contributed by atoms with E-state index in [1.807, 2.05) is 6.92 Å². The average Bonchev–Trinajstić information content (AvgIpc) is 1.80. The van der Waals surface area contributed by atoms with Crippen molar-refractivity contribution in [3.8, 4) is 0 Å². The van der Waals surface area contributed by atoms with E-state index in [-0.39, 0.29) is 12.3 Å². The van der Waals surface area contributed by atoms with Gasteiger partial charge in [-0.15, -0.1) is 0 Å². The summed E-state index contributed by atoms with van der Waals surface area (Å²) in [6, 6.07) is 0. The zero-order valence-electron chi connectivity index (χ0n) is 6.11. The van der Waals surface area contributed by atoms with E-state index in [0.29, 0.717) is 6.42 Å². The number of nitrogens with two attached hydrogens (primary N) is 1. The van der Waals surface area contributed by atoms with E-state index in [0.717, 1.165) is 0 Å². The van der Waals surface area contributed by atoms with Crippen LogP contribution in [0.1, 0.15) is 19.8 Å². The van der Waals surface area contributed by atoms with Crippen LogP contribution < -0.4 is 5.73 Å². The van der Waals surface area contributed by atoms with Crippen LogP contribution in [0.15, 0.2) is 0 Å². The summed E-state index contributed by atoms with van der Waals surface area (Å²) in [7, 11) is 0. The summed E-state index contributed by atoms with van der Waals surface area (Å²) in [5.74, 6) is -0.763. The molecule has 0 saturated heterocycles. The van der Waals surface area contributed by atoms with Gasteiger partial charge in [-0.05, 0) is 6.42 Å². The normalized spacial score (nSPS) is 14.5. The molecule has 0 heterocycles. The van der Waals surface area contributed by atoms with Crippen molar-refractivity contribution < 1.29 is 4.79 Å². The lowest BCUT2D eigenvalue weighted by Gasteiger charge is -2.16. The number of hydrogen-bond donors (Lipinski definition) is 1. The van der Waals surface area contributed by atoms with Gasteiger partial charge in [-0.1, -0.05) is 41.7 Å². The molecule has 2 N–H and O–H groups in total. The zero-order chi connectivity index (χ0) is 9.07. The molecule has 0 aromatic rings. The number of rotatable bonds is 3. The van der Waals surface area contributed by atoms with E-state index in [1.165, 1.54) is 0 Å². The molecule has 0 aromatic heterocycles. The summed E-state index contributed by atoms with van der Waals surface area (Å²) in [6.07, 6.45) is 0.784. The summed E-state index contributed by atoms with van der Waals surface area (Å²) in [5, 5.41) is 0. The van der Waals surface area contributed by atoms with Gasteiger partial charge in [0.15, 0.2) is 3.79 Å². The van der Waals surface area contributed by atoms with Gasteiger partial charge in [-0.25, -0.2) is 0 Å². The molecule has 11 heavy (non-hydrogen) atoms. The molecule has 66 valence electrons. The Morgan fingerprint density at radius 2 is 2.00 bits per heavy atom. The maximum atomic E-state index is 10.7. The van der Waals surface area contributed by atoms with Gasteiger partial charge >= 0.3 is 0 Å². The van der Waals surface area contributed by atoms with Gasteiger partial charge in [-0.2, -0.15) is 0 Å². The van der Waals surface area contributed by atoms with Crippen molar-refractivity contribution >= 4 is 40.7 Å². The first-order chi connectivity index (χ1) is 4.87. The largest absolute Gasteiger partial charge is 0.369 e. The van der Waals surface area contributed by atoms with E-state index < -0.39 is 9.70 Å². The third-order valence-electron chi connectivity index (χ3n) is 1.37. The SMILES string of the molecule is CCC(CC(Cl)(Cl)Cl)C(N)=O. The Kier molecular flexibility index (Phi) is 4.52. The van der Waals surface area contributed by atoms with Crippen LogP contribution in [0.3, 0.4) is 0 Å². The van der Waals surface area contributed by atoms with Crippen LogP contribution >= 0.6 is 34.8 Å². The minimum absolute atomic E-state index is 0.184. The molecular formula is C6H10Cl3NO. The van der Waals surface area contributed by atoms with E-state index in [1.54, 1.807) is 0 Å². The van der Waals surface area contributed by atoms with Crippen LogP contribution in [0.2, 0.25) is 0 Å². The molecule has 0 aromatic carbocycles. The third kappa shape index (κ3) is 5.59. The first kappa shape index (κ1) is 11.3. The molecule has 0 spiro atoms. The van der Waals surface area contributed by atoms with Gasteiger partial charge in [0.1, 0.15) is 0 Å². The highest BCUT2D eigenvalue weighted by Gasteiger charge is 2.27. The Labute approximate surface area is 81.0 Å². The molecule has 1 amide bonds. The van der Waals surface area contributed by atoms with Gasteiger partial charge in [0.05, 0.1) is 0 Å². The molecule has 0 aliphatic rings. The molecule has 5 heteroatoms. The van der Waals surface area contributed by atoms with Crippen molar-refractivity contribution in [2.24, 2.45) is 11.7 Å². The zero-order valence-corrected chi connectivity index (χ0v) is 8.38. The highest BCUT2D eigenvalue weighted by Crippen LogP contribution is 2.34. The van der Waals surface area contributed by atoms with Crippen molar-refractivity contribution in [1.29, 1.82) is 0 Å². The molecule has 0 aliphatic heterocycles. The fraction of sp³-hybridized carbons (Fsp3) is 0.833. The standard InChI is InChI=1S/C6H10Cl3NO/c1-2-4(5(10)11)3-6(7,8)9/h4H,2-3H2,1H3,(H2,10,11). The smallest absolute Gasteiger partial charge is 0.220 e. The number of carbonyl (C=O) groups is 1. The number of amides is 1. The van der Waals surface area contributed by atoms with Gasteiger partial charge in [-0.3, -0.25) is 4.79 Å². The predicted octanol–water partition coefficient (Wildman–Crippen LogP) is 2.26. The molecule has 1 atom stereocenters. The fourth-order valence-electron chi connectivity index (χ4n) is 0.726.